The maximum Gasteiger partial charge on any atom is 0.234 e. The van der Waals surface area contributed by atoms with Crippen molar-refractivity contribution in [1.29, 1.82) is 0 Å². The molecule has 0 N–H and O–H groups in total. The van der Waals surface area contributed by atoms with Crippen LogP contribution in [0.4, 0.5) is 0 Å². The van der Waals surface area contributed by atoms with Crippen LogP contribution in [0.1, 0.15) is 28.2 Å². The van der Waals surface area contributed by atoms with Gasteiger partial charge in [0.25, 0.3) is 0 Å². The monoisotopic (exact) mass is 363 g/mol. The third-order valence-electron chi connectivity index (χ3n) is 4.25. The quantitative estimate of drug-likeness (QED) is 0.503. The maximum absolute atomic E-state index is 4.66. The zero-order valence-electron chi connectivity index (χ0n) is 15.4. The molecule has 0 saturated carbocycles. The van der Waals surface area contributed by atoms with Crippen LogP contribution >= 0.6 is 11.8 Å². The molecule has 4 rings (SSSR count). The van der Waals surface area contributed by atoms with E-state index in [4.69, 9.17) is 0 Å². The number of aromatic nitrogens is 5. The Hall–Kier alpha value is -2.60. The second kappa shape index (κ2) is 6.61. The Morgan fingerprint density at radius 1 is 0.962 bits per heavy atom. The van der Waals surface area contributed by atoms with Gasteiger partial charge in [-0.2, -0.15) is 0 Å². The van der Waals surface area contributed by atoms with Crippen molar-refractivity contribution < 1.29 is 0 Å². The highest BCUT2D eigenvalue weighted by Crippen LogP contribution is 2.25. The summed E-state index contributed by atoms with van der Waals surface area (Å²) in [5.74, 6) is 1.51. The Morgan fingerprint density at radius 2 is 1.73 bits per heavy atom. The lowest BCUT2D eigenvalue weighted by Crippen LogP contribution is -1.97. The van der Waals surface area contributed by atoms with Gasteiger partial charge in [-0.15, -0.1) is 0 Å². The number of thioether (sulfide) groups is 1. The Labute approximate surface area is 157 Å². The molecule has 0 aliphatic rings. The smallest absolute Gasteiger partial charge is 0.234 e. The van der Waals surface area contributed by atoms with E-state index in [1.807, 2.05) is 23.7 Å². The van der Waals surface area contributed by atoms with Gasteiger partial charge in [0, 0.05) is 41.4 Å². The summed E-state index contributed by atoms with van der Waals surface area (Å²) in [5, 5.41) is 0.966. The summed E-state index contributed by atoms with van der Waals surface area (Å²) < 4.78 is 4.17. The first-order valence-electron chi connectivity index (χ1n) is 8.56. The fraction of sp³-hybridized carbons (Fsp3) is 0.250. The topological polar surface area (TPSA) is 48.0 Å². The van der Waals surface area contributed by atoms with E-state index < -0.39 is 0 Å². The van der Waals surface area contributed by atoms with Crippen LogP contribution < -0.4 is 0 Å². The molecule has 4 aromatic rings. The standard InChI is InChI=1S/C20H21N5S/c1-13-7-14(2)9-18(8-13)24-6-5-21-20(24)26-12-17-11-25-16(4)10-15(3)22-19(25)23-17/h5-11H,12H2,1-4H3. The molecule has 5 nitrogen and oxygen atoms in total. The van der Waals surface area contributed by atoms with Crippen LogP contribution in [0.5, 0.6) is 0 Å². The highest BCUT2D eigenvalue weighted by Gasteiger charge is 2.10. The Balaban J connectivity index is 1.60. The molecule has 6 heteroatoms. The van der Waals surface area contributed by atoms with E-state index in [1.165, 1.54) is 11.1 Å². The summed E-state index contributed by atoms with van der Waals surface area (Å²) in [4.78, 5) is 13.7. The average Bonchev–Trinajstić information content (AvgIpc) is 3.18. The SMILES string of the molecule is Cc1cc(C)cc(-n2ccnc2SCc2cn3c(C)cc(C)nc3n2)c1. The van der Waals surface area contributed by atoms with Gasteiger partial charge in [-0.25, -0.2) is 15.0 Å². The van der Waals surface area contributed by atoms with Crippen LogP contribution in [-0.2, 0) is 5.75 Å². The molecule has 0 saturated heterocycles. The predicted molar refractivity (Wildman–Crippen MR) is 105 cm³/mol. The maximum atomic E-state index is 4.66. The first-order valence-corrected chi connectivity index (χ1v) is 9.55. The van der Waals surface area contributed by atoms with Gasteiger partial charge in [0.15, 0.2) is 5.16 Å². The lowest BCUT2D eigenvalue weighted by atomic mass is 10.1. The molecule has 0 aliphatic carbocycles. The lowest BCUT2D eigenvalue weighted by molar-refractivity contribution is 0.891. The molecule has 0 fully saturated rings. The van der Waals surface area contributed by atoms with Crippen molar-refractivity contribution >= 4 is 17.5 Å². The lowest BCUT2D eigenvalue weighted by Gasteiger charge is -2.09. The largest absolute Gasteiger partial charge is 0.295 e. The first-order chi connectivity index (χ1) is 12.5. The van der Waals surface area contributed by atoms with E-state index in [9.17, 15) is 0 Å². The second-order valence-electron chi connectivity index (χ2n) is 6.66. The number of rotatable bonds is 4. The van der Waals surface area contributed by atoms with E-state index in [0.29, 0.717) is 0 Å². The van der Waals surface area contributed by atoms with Crippen LogP contribution in [-0.4, -0.2) is 23.9 Å². The number of hydrogen-bond acceptors (Lipinski definition) is 4. The predicted octanol–water partition coefficient (Wildman–Crippen LogP) is 4.44. The van der Waals surface area contributed by atoms with Crippen molar-refractivity contribution in [3.63, 3.8) is 0 Å². The van der Waals surface area contributed by atoms with Crippen molar-refractivity contribution in [1.82, 2.24) is 23.9 Å². The van der Waals surface area contributed by atoms with Crippen LogP contribution in [0.25, 0.3) is 11.5 Å². The van der Waals surface area contributed by atoms with Gasteiger partial charge in [-0.3, -0.25) is 8.97 Å². The molecule has 0 spiro atoms. The first kappa shape index (κ1) is 16.8. The van der Waals surface area contributed by atoms with E-state index in [0.717, 1.165) is 39.5 Å². The molecular weight excluding hydrogens is 342 g/mol. The summed E-state index contributed by atoms with van der Waals surface area (Å²) in [7, 11) is 0. The minimum atomic E-state index is 0.754. The van der Waals surface area contributed by atoms with Crippen molar-refractivity contribution in [2.45, 2.75) is 38.6 Å². The fourth-order valence-corrected chi connectivity index (χ4v) is 4.07. The van der Waals surface area contributed by atoms with Crippen LogP contribution in [0.15, 0.2) is 48.0 Å². The molecule has 3 aromatic heterocycles. The van der Waals surface area contributed by atoms with Gasteiger partial charge in [-0.1, -0.05) is 17.8 Å². The summed E-state index contributed by atoms with van der Waals surface area (Å²) >= 11 is 1.69. The van der Waals surface area contributed by atoms with Crippen molar-refractivity contribution in [2.24, 2.45) is 0 Å². The third-order valence-corrected chi connectivity index (χ3v) is 5.25. The van der Waals surface area contributed by atoms with Gasteiger partial charge in [0.2, 0.25) is 5.78 Å². The van der Waals surface area contributed by atoms with Crippen LogP contribution in [0, 0.1) is 27.7 Å². The number of imidazole rings is 2. The van der Waals surface area contributed by atoms with Gasteiger partial charge in [0.1, 0.15) is 0 Å². The molecule has 132 valence electrons. The minimum Gasteiger partial charge on any atom is -0.295 e. The van der Waals surface area contributed by atoms with E-state index in [2.05, 4.69) is 70.8 Å². The second-order valence-corrected chi connectivity index (χ2v) is 7.60. The number of fused-ring (bicyclic) bond motifs is 1. The molecule has 0 unspecified atom stereocenters. The molecular formula is C20H21N5S. The molecule has 0 amide bonds. The fourth-order valence-electron chi connectivity index (χ4n) is 3.21. The molecule has 3 heterocycles. The summed E-state index contributed by atoms with van der Waals surface area (Å²) in [6.07, 6.45) is 5.92. The summed E-state index contributed by atoms with van der Waals surface area (Å²) in [6.45, 7) is 8.31. The minimum absolute atomic E-state index is 0.754. The third kappa shape index (κ3) is 3.24. The molecule has 0 radical (unpaired) electrons. The highest BCUT2D eigenvalue weighted by molar-refractivity contribution is 7.98. The number of nitrogens with zero attached hydrogens (tertiary/aromatic N) is 5. The molecule has 0 atom stereocenters. The van der Waals surface area contributed by atoms with Crippen molar-refractivity contribution in [2.75, 3.05) is 0 Å². The molecule has 0 bridgehead atoms. The number of aryl methyl sites for hydroxylation is 4. The van der Waals surface area contributed by atoms with Gasteiger partial charge >= 0.3 is 0 Å². The van der Waals surface area contributed by atoms with Crippen molar-refractivity contribution in [3.8, 4) is 5.69 Å². The van der Waals surface area contributed by atoms with Crippen LogP contribution in [0.2, 0.25) is 0 Å². The zero-order valence-corrected chi connectivity index (χ0v) is 16.2. The average molecular weight is 363 g/mol. The molecule has 0 aliphatic heterocycles. The number of benzene rings is 1. The van der Waals surface area contributed by atoms with Gasteiger partial charge < -0.3 is 0 Å². The van der Waals surface area contributed by atoms with Gasteiger partial charge in [-0.05, 0) is 57.0 Å². The summed E-state index contributed by atoms with van der Waals surface area (Å²) in [6, 6.07) is 8.61. The molecule has 1 aromatic carbocycles. The Morgan fingerprint density at radius 3 is 2.50 bits per heavy atom. The number of hydrogen-bond donors (Lipinski definition) is 0. The van der Waals surface area contributed by atoms with Crippen molar-refractivity contribution in [3.05, 3.63) is 71.1 Å². The Kier molecular flexibility index (Phi) is 4.28. The highest BCUT2D eigenvalue weighted by atomic mass is 32.2. The summed E-state index contributed by atoms with van der Waals surface area (Å²) in [5.41, 5.74) is 6.79. The zero-order chi connectivity index (χ0) is 18.3. The van der Waals surface area contributed by atoms with E-state index in [1.54, 1.807) is 11.8 Å². The Bertz CT molecular complexity index is 1070. The van der Waals surface area contributed by atoms with E-state index in [-0.39, 0.29) is 0 Å². The normalized spacial score (nSPS) is 11.4. The molecule has 26 heavy (non-hydrogen) atoms. The van der Waals surface area contributed by atoms with Gasteiger partial charge in [0.05, 0.1) is 5.69 Å². The van der Waals surface area contributed by atoms with Crippen LogP contribution in [0.3, 0.4) is 0 Å². The van der Waals surface area contributed by atoms with E-state index >= 15 is 0 Å².